The van der Waals surface area contributed by atoms with Gasteiger partial charge in [-0.1, -0.05) is 49.4 Å². The van der Waals surface area contributed by atoms with Crippen molar-refractivity contribution in [3.8, 4) is 0 Å². The van der Waals surface area contributed by atoms with Crippen molar-refractivity contribution in [1.29, 1.82) is 0 Å². The van der Waals surface area contributed by atoms with Gasteiger partial charge in [0.15, 0.2) is 0 Å². The molecular formula is C15H20O. The number of hydrogen-bond acceptors (Lipinski definition) is 1. The molecule has 0 spiro atoms. The fourth-order valence-corrected chi connectivity index (χ4v) is 1.37. The van der Waals surface area contributed by atoms with Crippen LogP contribution in [0.15, 0.2) is 48.7 Å². The third-order valence-corrected chi connectivity index (χ3v) is 2.29. The minimum absolute atomic E-state index is 0.751. The van der Waals surface area contributed by atoms with Crippen LogP contribution in [-0.4, -0.2) is 6.61 Å². The van der Waals surface area contributed by atoms with Crippen LogP contribution in [0.5, 0.6) is 0 Å². The van der Waals surface area contributed by atoms with Crippen molar-refractivity contribution in [1.82, 2.24) is 0 Å². The Labute approximate surface area is 98.5 Å². The van der Waals surface area contributed by atoms with Crippen molar-refractivity contribution in [2.45, 2.75) is 26.7 Å². The van der Waals surface area contributed by atoms with Gasteiger partial charge in [-0.3, -0.25) is 0 Å². The van der Waals surface area contributed by atoms with E-state index in [1.54, 1.807) is 0 Å². The fourth-order valence-electron chi connectivity index (χ4n) is 1.37. The van der Waals surface area contributed by atoms with Crippen LogP contribution < -0.4 is 0 Å². The first kappa shape index (κ1) is 12.6. The predicted molar refractivity (Wildman–Crippen MR) is 70.1 cm³/mol. The van der Waals surface area contributed by atoms with Gasteiger partial charge in [0.1, 0.15) is 0 Å². The fraction of sp³-hybridized carbons (Fsp3) is 0.333. The van der Waals surface area contributed by atoms with E-state index < -0.39 is 0 Å². The van der Waals surface area contributed by atoms with Gasteiger partial charge in [-0.15, -0.1) is 0 Å². The number of allylic oxidation sites excluding steroid dienone is 2. The lowest BCUT2D eigenvalue weighted by Crippen LogP contribution is -1.86. The van der Waals surface area contributed by atoms with Gasteiger partial charge < -0.3 is 4.74 Å². The van der Waals surface area contributed by atoms with E-state index in [1.165, 1.54) is 11.1 Å². The summed E-state index contributed by atoms with van der Waals surface area (Å²) in [5, 5.41) is 0. The molecule has 0 fully saturated rings. The van der Waals surface area contributed by atoms with Crippen LogP contribution in [0.25, 0.3) is 5.57 Å². The van der Waals surface area contributed by atoms with Gasteiger partial charge in [0, 0.05) is 0 Å². The van der Waals surface area contributed by atoms with Crippen molar-refractivity contribution in [2.24, 2.45) is 0 Å². The average Bonchev–Trinajstić information content (AvgIpc) is 2.34. The smallest absolute Gasteiger partial charge is 0.0907 e. The lowest BCUT2D eigenvalue weighted by molar-refractivity contribution is 0.257. The van der Waals surface area contributed by atoms with Gasteiger partial charge in [0.05, 0.1) is 12.9 Å². The van der Waals surface area contributed by atoms with Gasteiger partial charge in [0.25, 0.3) is 0 Å². The molecular weight excluding hydrogens is 196 g/mol. The maximum atomic E-state index is 5.48. The highest BCUT2D eigenvalue weighted by Gasteiger charge is 1.92. The van der Waals surface area contributed by atoms with Crippen molar-refractivity contribution >= 4 is 5.57 Å². The van der Waals surface area contributed by atoms with Crippen LogP contribution in [0, 0.1) is 0 Å². The number of ether oxygens (including phenoxy) is 1. The lowest BCUT2D eigenvalue weighted by Gasteiger charge is -2.02. The number of hydrogen-bond donors (Lipinski definition) is 0. The maximum Gasteiger partial charge on any atom is 0.0907 e. The molecule has 0 saturated carbocycles. The van der Waals surface area contributed by atoms with Gasteiger partial charge in [-0.25, -0.2) is 0 Å². The summed E-state index contributed by atoms with van der Waals surface area (Å²) in [7, 11) is 0. The highest BCUT2D eigenvalue weighted by Crippen LogP contribution is 2.12. The zero-order chi connectivity index (χ0) is 11.6. The Kier molecular flexibility index (Phi) is 6.09. The molecule has 1 heteroatoms. The highest BCUT2D eigenvalue weighted by molar-refractivity contribution is 5.62. The van der Waals surface area contributed by atoms with Crippen LogP contribution in [0.2, 0.25) is 0 Å². The van der Waals surface area contributed by atoms with Gasteiger partial charge >= 0.3 is 0 Å². The Balaban J connectivity index is 2.32. The molecule has 0 heterocycles. The van der Waals surface area contributed by atoms with E-state index in [2.05, 4.69) is 38.1 Å². The summed E-state index contributed by atoms with van der Waals surface area (Å²) in [5.74, 6) is 0. The molecule has 0 aliphatic rings. The van der Waals surface area contributed by atoms with Crippen molar-refractivity contribution in [2.75, 3.05) is 6.61 Å². The first-order chi connectivity index (χ1) is 7.84. The third kappa shape index (κ3) is 4.83. The zero-order valence-corrected chi connectivity index (χ0v) is 10.1. The molecule has 0 radical (unpaired) electrons. The largest absolute Gasteiger partial charge is 0.501 e. The summed E-state index contributed by atoms with van der Waals surface area (Å²) in [5.41, 5.74) is 2.38. The minimum atomic E-state index is 0.751. The molecule has 0 unspecified atom stereocenters. The first-order valence-corrected chi connectivity index (χ1v) is 5.83. The molecule has 0 aliphatic heterocycles. The second-order valence-corrected chi connectivity index (χ2v) is 3.71. The van der Waals surface area contributed by atoms with Crippen LogP contribution in [0.1, 0.15) is 32.3 Å². The van der Waals surface area contributed by atoms with Crippen LogP contribution in [-0.2, 0) is 4.74 Å². The summed E-state index contributed by atoms with van der Waals surface area (Å²) in [6, 6.07) is 10.3. The van der Waals surface area contributed by atoms with Crippen LogP contribution >= 0.6 is 0 Å². The normalized spacial score (nSPS) is 12.0. The molecule has 0 bridgehead atoms. The minimum Gasteiger partial charge on any atom is -0.501 e. The summed E-state index contributed by atoms with van der Waals surface area (Å²) >= 11 is 0. The highest BCUT2D eigenvalue weighted by atomic mass is 16.5. The summed E-state index contributed by atoms with van der Waals surface area (Å²) in [6.45, 7) is 4.95. The summed E-state index contributed by atoms with van der Waals surface area (Å²) in [4.78, 5) is 0. The molecule has 0 amide bonds. The van der Waals surface area contributed by atoms with E-state index in [0.717, 1.165) is 19.4 Å². The number of rotatable bonds is 6. The quantitative estimate of drug-likeness (QED) is 0.388. The van der Waals surface area contributed by atoms with E-state index >= 15 is 0 Å². The van der Waals surface area contributed by atoms with Crippen molar-refractivity contribution < 1.29 is 4.74 Å². The molecule has 0 aliphatic carbocycles. The molecule has 1 rings (SSSR count). The standard InChI is InChI=1S/C15H20O/c1-3-4-5-9-12-16-13-14(2)15-10-7-6-8-11-15/h4-8,10-11,13H,3,9,12H2,1-2H3/b5-4-,14-13+. The molecule has 86 valence electrons. The van der Waals surface area contributed by atoms with Gasteiger partial charge in [-0.05, 0) is 30.9 Å². The summed E-state index contributed by atoms with van der Waals surface area (Å²) in [6.07, 6.45) is 8.24. The monoisotopic (exact) mass is 216 g/mol. The van der Waals surface area contributed by atoms with Crippen molar-refractivity contribution in [3.63, 3.8) is 0 Å². The SMILES string of the molecule is CC/C=C\CCO/C=C(\C)c1ccccc1. The first-order valence-electron chi connectivity index (χ1n) is 5.83. The molecule has 0 atom stereocenters. The third-order valence-electron chi connectivity index (χ3n) is 2.29. The maximum absolute atomic E-state index is 5.48. The Morgan fingerprint density at radius 3 is 2.62 bits per heavy atom. The van der Waals surface area contributed by atoms with E-state index in [-0.39, 0.29) is 0 Å². The van der Waals surface area contributed by atoms with E-state index in [0.29, 0.717) is 0 Å². The lowest BCUT2D eigenvalue weighted by atomic mass is 10.1. The summed E-state index contributed by atoms with van der Waals surface area (Å²) < 4.78 is 5.48. The van der Waals surface area contributed by atoms with E-state index in [4.69, 9.17) is 4.74 Å². The molecule has 0 saturated heterocycles. The molecule has 1 nitrogen and oxygen atoms in total. The molecule has 0 aromatic heterocycles. The Bertz CT molecular complexity index is 336. The molecule has 1 aromatic carbocycles. The van der Waals surface area contributed by atoms with Crippen LogP contribution in [0.3, 0.4) is 0 Å². The van der Waals surface area contributed by atoms with Crippen molar-refractivity contribution in [3.05, 3.63) is 54.3 Å². The zero-order valence-electron chi connectivity index (χ0n) is 10.1. The Morgan fingerprint density at radius 1 is 1.19 bits per heavy atom. The van der Waals surface area contributed by atoms with E-state index in [9.17, 15) is 0 Å². The topological polar surface area (TPSA) is 9.23 Å². The van der Waals surface area contributed by atoms with Gasteiger partial charge in [-0.2, -0.15) is 0 Å². The van der Waals surface area contributed by atoms with Crippen LogP contribution in [0.4, 0.5) is 0 Å². The molecule has 0 N–H and O–H groups in total. The predicted octanol–water partition coefficient (Wildman–Crippen LogP) is 4.42. The second kappa shape index (κ2) is 7.75. The second-order valence-electron chi connectivity index (χ2n) is 3.71. The van der Waals surface area contributed by atoms with Gasteiger partial charge in [0.2, 0.25) is 0 Å². The Hall–Kier alpha value is -1.50. The Morgan fingerprint density at radius 2 is 1.94 bits per heavy atom. The molecule has 1 aromatic rings. The average molecular weight is 216 g/mol. The van der Waals surface area contributed by atoms with E-state index in [1.807, 2.05) is 24.5 Å². The number of benzene rings is 1. The molecule has 16 heavy (non-hydrogen) atoms.